The second-order valence-corrected chi connectivity index (χ2v) is 12.7. The minimum atomic E-state index is -0.721. The Morgan fingerprint density at radius 3 is 2.62 bits per heavy atom. The zero-order chi connectivity index (χ0) is 23.1. The topological polar surface area (TPSA) is 50.1 Å². The smallest absolute Gasteiger partial charge is 0.411 e. The molecule has 8 atom stereocenters. The highest BCUT2D eigenvalue weighted by atomic mass is 16.5. The summed E-state index contributed by atoms with van der Waals surface area (Å²) in [6.07, 6.45) is 16.3. The molecule has 3 fully saturated rings. The number of nitriles is 1. The van der Waals surface area contributed by atoms with Gasteiger partial charge in [0, 0.05) is 6.42 Å². The molecule has 0 aliphatic heterocycles. The summed E-state index contributed by atoms with van der Waals surface area (Å²) in [5.74, 6) is 4.35. The lowest BCUT2D eigenvalue weighted by molar-refractivity contribution is -0.144. The van der Waals surface area contributed by atoms with Gasteiger partial charge in [-0.15, -0.1) is 0 Å². The molecule has 0 saturated heterocycles. The van der Waals surface area contributed by atoms with Gasteiger partial charge in [0.15, 0.2) is 6.07 Å². The van der Waals surface area contributed by atoms with Crippen LogP contribution >= 0.6 is 0 Å². The summed E-state index contributed by atoms with van der Waals surface area (Å²) in [5, 5.41) is 8.81. The van der Waals surface area contributed by atoms with Gasteiger partial charge in [-0.1, -0.05) is 65.5 Å². The fourth-order valence-corrected chi connectivity index (χ4v) is 8.93. The molecule has 0 spiro atoms. The van der Waals surface area contributed by atoms with E-state index in [-0.39, 0.29) is 11.5 Å². The third kappa shape index (κ3) is 4.17. The fraction of sp³-hybridized carbons (Fsp3) is 0.862. The van der Waals surface area contributed by atoms with Gasteiger partial charge in [0.05, 0.1) is 0 Å². The first-order valence-electron chi connectivity index (χ1n) is 13.5. The van der Waals surface area contributed by atoms with E-state index < -0.39 is 5.97 Å². The Morgan fingerprint density at radius 2 is 1.91 bits per heavy atom. The maximum absolute atomic E-state index is 11.5. The van der Waals surface area contributed by atoms with Crippen molar-refractivity contribution in [2.45, 2.75) is 111 Å². The molecular weight excluding hydrogens is 394 g/mol. The van der Waals surface area contributed by atoms with Crippen molar-refractivity contribution >= 4 is 5.97 Å². The number of nitrogens with zero attached hydrogens (tertiary/aromatic N) is 1. The number of ether oxygens (including phenoxy) is 1. The van der Waals surface area contributed by atoms with Gasteiger partial charge in [-0.2, -0.15) is 5.26 Å². The third-order valence-corrected chi connectivity index (χ3v) is 10.6. The summed E-state index contributed by atoms with van der Waals surface area (Å²) in [4.78, 5) is 11.5. The average molecular weight is 440 g/mol. The first-order valence-corrected chi connectivity index (χ1v) is 13.5. The summed E-state index contributed by atoms with van der Waals surface area (Å²) < 4.78 is 5.40. The maximum atomic E-state index is 11.5. The number of fused-ring (bicyclic) bond motifs is 5. The van der Waals surface area contributed by atoms with E-state index in [4.69, 9.17) is 10.00 Å². The van der Waals surface area contributed by atoms with Crippen molar-refractivity contribution in [3.63, 3.8) is 0 Å². The van der Waals surface area contributed by atoms with Gasteiger partial charge in [-0.25, -0.2) is 4.79 Å². The number of hydrogen-bond donors (Lipinski definition) is 0. The van der Waals surface area contributed by atoms with E-state index in [0.717, 1.165) is 54.8 Å². The molecular formula is C29H45NO2. The average Bonchev–Trinajstić information content (AvgIpc) is 3.11. The first-order chi connectivity index (χ1) is 15.2. The van der Waals surface area contributed by atoms with Gasteiger partial charge >= 0.3 is 5.97 Å². The summed E-state index contributed by atoms with van der Waals surface area (Å²) in [6.45, 7) is 12.4. The van der Waals surface area contributed by atoms with E-state index in [9.17, 15) is 4.79 Å². The monoisotopic (exact) mass is 439 g/mol. The lowest BCUT2D eigenvalue weighted by Crippen LogP contribution is -2.51. The highest BCUT2D eigenvalue weighted by molar-refractivity contribution is 5.85. The minimum absolute atomic E-state index is 0.102. The summed E-state index contributed by atoms with van der Waals surface area (Å²) in [7, 11) is 0. The largest absolute Gasteiger partial charge is 0.451 e. The van der Waals surface area contributed by atoms with Crippen molar-refractivity contribution in [3.05, 3.63) is 11.6 Å². The maximum Gasteiger partial charge on any atom is 0.411 e. The summed E-state index contributed by atoms with van der Waals surface area (Å²) in [6, 6.07) is 1.62. The summed E-state index contributed by atoms with van der Waals surface area (Å²) in [5.41, 5.74) is 2.31. The molecule has 32 heavy (non-hydrogen) atoms. The van der Waals surface area contributed by atoms with E-state index in [1.807, 2.05) is 0 Å². The van der Waals surface area contributed by atoms with Crippen molar-refractivity contribution in [1.82, 2.24) is 0 Å². The van der Waals surface area contributed by atoms with Crippen LogP contribution in [0.5, 0.6) is 0 Å². The van der Waals surface area contributed by atoms with Gasteiger partial charge in [-0.3, -0.25) is 0 Å². The number of allylic oxidation sites excluding steroid dienone is 1. The first kappa shape index (κ1) is 23.8. The van der Waals surface area contributed by atoms with Crippen molar-refractivity contribution < 1.29 is 9.53 Å². The van der Waals surface area contributed by atoms with Crippen molar-refractivity contribution in [2.75, 3.05) is 0 Å². The van der Waals surface area contributed by atoms with Crippen LogP contribution < -0.4 is 0 Å². The molecule has 0 bridgehead atoms. The molecule has 1 unspecified atom stereocenters. The number of rotatable bonds is 6. The van der Waals surface area contributed by atoms with E-state index in [0.29, 0.717) is 5.41 Å². The summed E-state index contributed by atoms with van der Waals surface area (Å²) >= 11 is 0. The normalized spacial score (nSPS) is 41.7. The van der Waals surface area contributed by atoms with Crippen LogP contribution in [0.2, 0.25) is 0 Å². The molecule has 0 heterocycles. The predicted molar refractivity (Wildman–Crippen MR) is 129 cm³/mol. The zero-order valence-electron chi connectivity index (χ0n) is 21.2. The molecule has 178 valence electrons. The Balaban J connectivity index is 1.46. The predicted octanol–water partition coefficient (Wildman–Crippen LogP) is 7.46. The molecule has 4 aliphatic rings. The highest BCUT2D eigenvalue weighted by Crippen LogP contribution is 2.67. The molecule has 0 aromatic carbocycles. The van der Waals surface area contributed by atoms with Gasteiger partial charge in [0.25, 0.3) is 0 Å². The van der Waals surface area contributed by atoms with Crippen molar-refractivity contribution in [3.8, 4) is 6.07 Å². The van der Waals surface area contributed by atoms with E-state index in [1.165, 1.54) is 56.9 Å². The van der Waals surface area contributed by atoms with Gasteiger partial charge in [0.1, 0.15) is 6.10 Å². The van der Waals surface area contributed by atoms with Crippen LogP contribution in [-0.2, 0) is 9.53 Å². The number of carbonyl (C=O) groups is 1. The number of esters is 1. The number of hydrogen-bond acceptors (Lipinski definition) is 3. The Morgan fingerprint density at radius 1 is 1.12 bits per heavy atom. The molecule has 0 amide bonds. The molecule has 4 aliphatic carbocycles. The fourth-order valence-electron chi connectivity index (χ4n) is 8.93. The Hall–Kier alpha value is -1.30. The lowest BCUT2D eigenvalue weighted by atomic mass is 9.47. The quantitative estimate of drug-likeness (QED) is 0.245. The highest BCUT2D eigenvalue weighted by Gasteiger charge is 2.59. The van der Waals surface area contributed by atoms with Crippen LogP contribution in [-0.4, -0.2) is 12.1 Å². The van der Waals surface area contributed by atoms with E-state index in [2.05, 4.69) is 40.7 Å². The standard InChI is InChI=1S/C29H45NO2/c1-19(2)7-6-8-20(3)24-11-12-25-23-10-9-21-17-22(32-27(31)18-30)13-15-28(21,4)26(23)14-16-29(24,25)5/h9,19-20,22-26H,6-8,10-17H2,1-5H3/t20-,22+,23+,24?,25+,26+,28+,29-/m1/s1. The Kier molecular flexibility index (Phi) is 6.82. The molecule has 0 radical (unpaired) electrons. The van der Waals surface area contributed by atoms with Crippen molar-refractivity contribution in [2.24, 2.45) is 46.3 Å². The zero-order valence-corrected chi connectivity index (χ0v) is 21.2. The molecule has 0 aromatic heterocycles. The van der Waals surface area contributed by atoms with Crippen LogP contribution in [0.15, 0.2) is 11.6 Å². The van der Waals surface area contributed by atoms with Crippen LogP contribution in [0.3, 0.4) is 0 Å². The van der Waals surface area contributed by atoms with Crippen LogP contribution in [0.4, 0.5) is 0 Å². The SMILES string of the molecule is CC(C)CCC[C@@H](C)C1CC[C@H]2[C@@H]3CC=C4C[C@@H](OC(=O)C#N)CC[C@]4(C)[C@H]3CC[C@]12C. The van der Waals surface area contributed by atoms with Crippen LogP contribution in [0.1, 0.15) is 105 Å². The molecule has 3 heteroatoms. The Labute approximate surface area is 196 Å². The van der Waals surface area contributed by atoms with Crippen LogP contribution in [0.25, 0.3) is 0 Å². The second-order valence-electron chi connectivity index (χ2n) is 12.7. The van der Waals surface area contributed by atoms with Gasteiger partial charge < -0.3 is 4.74 Å². The molecule has 4 rings (SSSR count). The second kappa shape index (κ2) is 9.15. The van der Waals surface area contributed by atoms with Gasteiger partial charge in [0.2, 0.25) is 0 Å². The minimum Gasteiger partial charge on any atom is -0.451 e. The molecule has 3 saturated carbocycles. The molecule has 0 N–H and O–H groups in total. The van der Waals surface area contributed by atoms with E-state index in [1.54, 1.807) is 6.07 Å². The van der Waals surface area contributed by atoms with Crippen LogP contribution in [0, 0.1) is 57.7 Å². The molecule has 3 nitrogen and oxygen atoms in total. The lowest BCUT2D eigenvalue weighted by Gasteiger charge is -2.58. The van der Waals surface area contributed by atoms with Gasteiger partial charge in [-0.05, 0) is 91.3 Å². The van der Waals surface area contributed by atoms with E-state index >= 15 is 0 Å². The third-order valence-electron chi connectivity index (χ3n) is 10.6. The van der Waals surface area contributed by atoms with Crippen molar-refractivity contribution in [1.29, 1.82) is 5.26 Å². The number of carbonyl (C=O) groups excluding carboxylic acids is 1. The Bertz CT molecular complexity index is 779. The molecule has 0 aromatic rings.